The average Bonchev–Trinajstić information content (AvgIpc) is 2.82. The van der Waals surface area contributed by atoms with Crippen LogP contribution in [0.25, 0.3) is 0 Å². The van der Waals surface area contributed by atoms with Gasteiger partial charge in [0.05, 0.1) is 6.21 Å². The molecule has 0 saturated heterocycles. The van der Waals surface area contributed by atoms with E-state index in [1.54, 1.807) is 31.2 Å². The number of rotatable bonds is 5. The molecule has 0 spiro atoms. The number of hydrazone groups is 1. The van der Waals surface area contributed by atoms with Gasteiger partial charge < -0.3 is 10.1 Å². The molecule has 2 rings (SSSR count). The van der Waals surface area contributed by atoms with Crippen molar-refractivity contribution < 1.29 is 9.72 Å². The number of carbonyl (C=O) groups is 1. The van der Waals surface area contributed by atoms with Crippen LogP contribution in [-0.4, -0.2) is 26.6 Å². The lowest BCUT2D eigenvalue weighted by atomic mass is 10.2. The first-order valence-electron chi connectivity index (χ1n) is 6.21. The molecule has 1 heterocycles. The third kappa shape index (κ3) is 3.89. The molecule has 2 aromatic rings. The van der Waals surface area contributed by atoms with Crippen molar-refractivity contribution in [3.05, 3.63) is 57.0 Å². The van der Waals surface area contributed by atoms with Gasteiger partial charge in [0, 0.05) is 11.9 Å². The second-order valence-corrected chi connectivity index (χ2v) is 4.79. The molecule has 1 aromatic heterocycles. The fraction of sp³-hybridized carbons (Fsp3) is 0.154. The summed E-state index contributed by atoms with van der Waals surface area (Å²) in [4.78, 5) is 25.8. The third-order valence-corrected chi connectivity index (χ3v) is 3.05. The van der Waals surface area contributed by atoms with Crippen LogP contribution >= 0.6 is 11.6 Å². The van der Waals surface area contributed by atoms with E-state index in [1.807, 2.05) is 0 Å². The first-order chi connectivity index (χ1) is 10.5. The van der Waals surface area contributed by atoms with Gasteiger partial charge in [-0.05, 0) is 22.6 Å². The fourth-order valence-electron chi connectivity index (χ4n) is 1.70. The van der Waals surface area contributed by atoms with E-state index >= 15 is 0 Å². The molecular formula is C13H12ClN5O3. The molecule has 8 nitrogen and oxygen atoms in total. The van der Waals surface area contributed by atoms with Gasteiger partial charge in [0.25, 0.3) is 5.91 Å². The number of carbonyl (C=O) groups excluding carboxylic acids is 1. The number of hydrogen-bond donors (Lipinski definition) is 1. The largest absolute Gasteiger partial charge is 0.358 e. The van der Waals surface area contributed by atoms with Gasteiger partial charge >= 0.3 is 5.82 Å². The highest BCUT2D eigenvalue weighted by molar-refractivity contribution is 6.30. The van der Waals surface area contributed by atoms with Crippen LogP contribution in [0.15, 0.2) is 35.6 Å². The van der Waals surface area contributed by atoms with Crippen LogP contribution in [-0.2, 0) is 11.3 Å². The Labute approximate surface area is 130 Å². The number of imidazole rings is 1. The van der Waals surface area contributed by atoms with Crippen LogP contribution in [0.3, 0.4) is 0 Å². The third-order valence-electron chi connectivity index (χ3n) is 2.80. The highest BCUT2D eigenvalue weighted by Crippen LogP contribution is 2.13. The topological polar surface area (TPSA) is 102 Å². The van der Waals surface area contributed by atoms with Gasteiger partial charge in [-0.25, -0.2) is 15.0 Å². The number of aromatic nitrogens is 2. The van der Waals surface area contributed by atoms with E-state index < -0.39 is 10.8 Å². The summed E-state index contributed by atoms with van der Waals surface area (Å²) in [6.07, 6.45) is 2.56. The average molecular weight is 322 g/mol. The second kappa shape index (κ2) is 6.81. The molecule has 0 fully saturated rings. The molecule has 0 atom stereocenters. The summed E-state index contributed by atoms with van der Waals surface area (Å²) < 4.78 is 1.20. The molecule has 22 heavy (non-hydrogen) atoms. The Morgan fingerprint density at radius 1 is 1.50 bits per heavy atom. The van der Waals surface area contributed by atoms with Gasteiger partial charge in [0.1, 0.15) is 6.20 Å². The van der Waals surface area contributed by atoms with Crippen LogP contribution < -0.4 is 5.43 Å². The van der Waals surface area contributed by atoms with Crippen molar-refractivity contribution >= 4 is 29.5 Å². The fourth-order valence-corrected chi connectivity index (χ4v) is 1.83. The van der Waals surface area contributed by atoms with E-state index in [9.17, 15) is 14.9 Å². The maximum Gasteiger partial charge on any atom is 0.343 e. The maximum atomic E-state index is 11.8. The standard InChI is InChI=1S/C13H12ClN5O3/c1-9-15-7-13(19(21)22)18(9)8-12(20)17-16-6-10-2-4-11(14)5-3-10/h2-7H,8H2,1H3,(H,17,20)/b16-6+. The smallest absolute Gasteiger partial charge is 0.343 e. The number of benzene rings is 1. The van der Waals surface area contributed by atoms with Crippen molar-refractivity contribution in [3.8, 4) is 0 Å². The van der Waals surface area contributed by atoms with E-state index in [1.165, 1.54) is 10.8 Å². The summed E-state index contributed by atoms with van der Waals surface area (Å²) in [5.41, 5.74) is 3.06. The van der Waals surface area contributed by atoms with Crippen LogP contribution in [0.5, 0.6) is 0 Å². The molecule has 0 aliphatic carbocycles. The van der Waals surface area contributed by atoms with Gasteiger partial charge in [-0.2, -0.15) is 5.10 Å². The number of nitrogens with zero attached hydrogens (tertiary/aromatic N) is 4. The van der Waals surface area contributed by atoms with Crippen molar-refractivity contribution in [2.45, 2.75) is 13.5 Å². The lowest BCUT2D eigenvalue weighted by molar-refractivity contribution is -0.392. The van der Waals surface area contributed by atoms with E-state index in [-0.39, 0.29) is 12.4 Å². The molecule has 114 valence electrons. The maximum absolute atomic E-state index is 11.8. The molecule has 0 saturated carbocycles. The number of halogens is 1. The van der Waals surface area contributed by atoms with Crippen LogP contribution in [0.4, 0.5) is 5.82 Å². The van der Waals surface area contributed by atoms with Crippen molar-refractivity contribution in [1.82, 2.24) is 15.0 Å². The normalized spacial score (nSPS) is 10.8. The zero-order chi connectivity index (χ0) is 16.1. The lowest BCUT2D eigenvalue weighted by Crippen LogP contribution is -2.24. The SMILES string of the molecule is Cc1ncc([N+](=O)[O-])n1CC(=O)N/N=C/c1ccc(Cl)cc1. The minimum atomic E-state index is -0.593. The number of aryl methyl sites for hydroxylation is 1. The van der Waals surface area contributed by atoms with Crippen molar-refractivity contribution in [2.75, 3.05) is 0 Å². The highest BCUT2D eigenvalue weighted by atomic mass is 35.5. The summed E-state index contributed by atoms with van der Waals surface area (Å²) >= 11 is 5.75. The lowest BCUT2D eigenvalue weighted by Gasteiger charge is -2.01. The molecule has 0 unspecified atom stereocenters. The number of nitrogens with one attached hydrogen (secondary N) is 1. The first kappa shape index (κ1) is 15.6. The second-order valence-electron chi connectivity index (χ2n) is 4.35. The predicted octanol–water partition coefficient (Wildman–Crippen LogP) is 1.90. The van der Waals surface area contributed by atoms with Crippen LogP contribution in [0.1, 0.15) is 11.4 Å². The molecule has 0 aliphatic rings. The summed E-state index contributed by atoms with van der Waals surface area (Å²) in [5, 5.41) is 15.2. The van der Waals surface area contributed by atoms with Crippen molar-refractivity contribution in [2.24, 2.45) is 5.10 Å². The van der Waals surface area contributed by atoms with Gasteiger partial charge in [0.15, 0.2) is 12.4 Å². The summed E-state index contributed by atoms with van der Waals surface area (Å²) in [6.45, 7) is 1.34. The summed E-state index contributed by atoms with van der Waals surface area (Å²) in [6, 6.07) is 6.87. The van der Waals surface area contributed by atoms with Crippen LogP contribution in [0, 0.1) is 17.0 Å². The van der Waals surface area contributed by atoms with Crippen molar-refractivity contribution in [1.29, 1.82) is 0 Å². The van der Waals surface area contributed by atoms with E-state index in [2.05, 4.69) is 15.5 Å². The molecule has 1 amide bonds. The van der Waals surface area contributed by atoms with E-state index in [0.29, 0.717) is 10.8 Å². The Balaban J connectivity index is 1.97. The minimum Gasteiger partial charge on any atom is -0.358 e. The van der Waals surface area contributed by atoms with Gasteiger partial charge in [-0.1, -0.05) is 23.7 Å². The molecule has 0 aliphatic heterocycles. The minimum absolute atomic E-state index is 0.236. The van der Waals surface area contributed by atoms with Gasteiger partial charge in [-0.3, -0.25) is 4.79 Å². The molecular weight excluding hydrogens is 310 g/mol. The van der Waals surface area contributed by atoms with Crippen LogP contribution in [0.2, 0.25) is 5.02 Å². The Bertz CT molecular complexity index is 724. The molecule has 1 aromatic carbocycles. The Morgan fingerprint density at radius 3 is 2.82 bits per heavy atom. The van der Waals surface area contributed by atoms with Gasteiger partial charge in [0.2, 0.25) is 0 Å². The van der Waals surface area contributed by atoms with E-state index in [0.717, 1.165) is 11.8 Å². The number of amides is 1. The zero-order valence-electron chi connectivity index (χ0n) is 11.6. The predicted molar refractivity (Wildman–Crippen MR) is 80.8 cm³/mol. The first-order valence-corrected chi connectivity index (χ1v) is 6.59. The Morgan fingerprint density at radius 2 is 2.18 bits per heavy atom. The Kier molecular flexibility index (Phi) is 4.84. The molecule has 0 bridgehead atoms. The highest BCUT2D eigenvalue weighted by Gasteiger charge is 2.19. The molecule has 1 N–H and O–H groups in total. The van der Waals surface area contributed by atoms with E-state index in [4.69, 9.17) is 11.6 Å². The summed E-state index contributed by atoms with van der Waals surface area (Å²) in [7, 11) is 0. The summed E-state index contributed by atoms with van der Waals surface area (Å²) in [5.74, 6) is -0.354. The number of nitro groups is 1. The monoisotopic (exact) mass is 321 g/mol. The van der Waals surface area contributed by atoms with Crippen molar-refractivity contribution in [3.63, 3.8) is 0 Å². The molecule has 0 radical (unpaired) electrons. The zero-order valence-corrected chi connectivity index (χ0v) is 12.3. The number of hydrogen-bond acceptors (Lipinski definition) is 5. The Hall–Kier alpha value is -2.74. The van der Waals surface area contributed by atoms with Gasteiger partial charge in [-0.15, -0.1) is 0 Å². The molecule has 9 heteroatoms. The quantitative estimate of drug-likeness (QED) is 0.516.